The summed E-state index contributed by atoms with van der Waals surface area (Å²) in [5.41, 5.74) is 3.22. The smallest absolute Gasteiger partial charge is 0.254 e. The highest BCUT2D eigenvalue weighted by Gasteiger charge is 2.23. The number of hydrogen-bond acceptors (Lipinski definition) is 5. The molecule has 5 rings (SSSR count). The molecule has 0 radical (unpaired) electrons. The summed E-state index contributed by atoms with van der Waals surface area (Å²) in [5.74, 6) is 0.603. The first kappa shape index (κ1) is 18.5. The maximum Gasteiger partial charge on any atom is 0.254 e. The van der Waals surface area contributed by atoms with E-state index < -0.39 is 0 Å². The Morgan fingerprint density at radius 1 is 1.00 bits per heavy atom. The van der Waals surface area contributed by atoms with Crippen LogP contribution in [-0.4, -0.2) is 28.0 Å². The van der Waals surface area contributed by atoms with E-state index in [4.69, 9.17) is 9.51 Å². The lowest BCUT2D eigenvalue weighted by molar-refractivity contribution is 0.0742. The van der Waals surface area contributed by atoms with Crippen LogP contribution >= 0.6 is 11.3 Å². The maximum atomic E-state index is 13.2. The van der Waals surface area contributed by atoms with Crippen LogP contribution in [0, 0.1) is 0 Å². The molecule has 0 aliphatic carbocycles. The minimum atomic E-state index is -0.137. The molecule has 5 aromatic rings. The summed E-state index contributed by atoms with van der Waals surface area (Å²) in [7, 11) is 1.81. The van der Waals surface area contributed by atoms with Crippen molar-refractivity contribution >= 4 is 38.4 Å². The number of carbonyl (C=O) groups excluding carboxylic acids is 1. The van der Waals surface area contributed by atoms with Gasteiger partial charge in [-0.2, -0.15) is 0 Å². The van der Waals surface area contributed by atoms with Crippen LogP contribution in [0.3, 0.4) is 0 Å². The topological polar surface area (TPSA) is 59.2 Å². The maximum absolute atomic E-state index is 13.2. The molecule has 6 heteroatoms. The molecule has 0 bridgehead atoms. The van der Waals surface area contributed by atoms with Crippen molar-refractivity contribution in [2.24, 2.45) is 0 Å². The Balaban J connectivity index is 1.47. The zero-order valence-electron chi connectivity index (χ0n) is 16.6. The standard InChI is InChI=1S/C24H19N3O2S/c1-15(23-25-20-10-6-7-11-21(20)30-23)27(2)24(28)17-12-13-19-18(14-17)22(29-26-19)16-8-4-3-5-9-16/h3-15H,1-2H3/t15-/m1/s1. The lowest BCUT2D eigenvalue weighted by Crippen LogP contribution is -2.29. The molecule has 3 aromatic carbocycles. The fraction of sp³-hybridized carbons (Fsp3) is 0.125. The molecular formula is C24H19N3O2S. The molecule has 5 nitrogen and oxygen atoms in total. The van der Waals surface area contributed by atoms with Crippen molar-refractivity contribution < 1.29 is 9.32 Å². The number of para-hydroxylation sites is 1. The van der Waals surface area contributed by atoms with Gasteiger partial charge in [-0.05, 0) is 37.3 Å². The van der Waals surface area contributed by atoms with Crippen LogP contribution in [0.5, 0.6) is 0 Å². The van der Waals surface area contributed by atoms with Crippen LogP contribution in [0.1, 0.15) is 28.3 Å². The third-order valence-corrected chi connectivity index (χ3v) is 6.54. The first-order valence-corrected chi connectivity index (χ1v) is 10.5. The molecule has 2 heterocycles. The SMILES string of the molecule is C[C@H](c1nc2ccccc2s1)N(C)C(=O)c1ccc2noc(-c3ccccc3)c2c1. The Labute approximate surface area is 177 Å². The highest BCUT2D eigenvalue weighted by Crippen LogP contribution is 2.32. The average molecular weight is 414 g/mol. The number of rotatable bonds is 4. The van der Waals surface area contributed by atoms with Crippen molar-refractivity contribution in [2.45, 2.75) is 13.0 Å². The van der Waals surface area contributed by atoms with Gasteiger partial charge in [0.15, 0.2) is 5.76 Å². The highest BCUT2D eigenvalue weighted by molar-refractivity contribution is 7.18. The Kier molecular flexibility index (Phi) is 4.56. The molecule has 30 heavy (non-hydrogen) atoms. The van der Waals surface area contributed by atoms with E-state index in [-0.39, 0.29) is 11.9 Å². The Morgan fingerprint density at radius 3 is 2.57 bits per heavy atom. The molecule has 0 saturated heterocycles. The first-order valence-electron chi connectivity index (χ1n) is 9.69. The number of fused-ring (bicyclic) bond motifs is 2. The molecule has 0 aliphatic heterocycles. The number of thiazole rings is 1. The fourth-order valence-corrected chi connectivity index (χ4v) is 4.55. The van der Waals surface area contributed by atoms with Crippen molar-refractivity contribution in [1.82, 2.24) is 15.0 Å². The first-order chi connectivity index (χ1) is 14.6. The lowest BCUT2D eigenvalue weighted by Gasteiger charge is -2.23. The minimum Gasteiger partial charge on any atom is -0.355 e. The minimum absolute atomic E-state index is 0.0659. The molecule has 148 valence electrons. The predicted octanol–water partition coefficient (Wildman–Crippen LogP) is 5.94. The van der Waals surface area contributed by atoms with E-state index in [1.54, 1.807) is 22.3 Å². The molecule has 1 amide bonds. The molecule has 2 aromatic heterocycles. The lowest BCUT2D eigenvalue weighted by atomic mass is 10.1. The van der Waals surface area contributed by atoms with Crippen molar-refractivity contribution in [3.8, 4) is 11.3 Å². The van der Waals surface area contributed by atoms with Gasteiger partial charge in [0.2, 0.25) is 0 Å². The summed E-state index contributed by atoms with van der Waals surface area (Å²) < 4.78 is 6.69. The van der Waals surface area contributed by atoms with Crippen LogP contribution in [0.2, 0.25) is 0 Å². The number of benzene rings is 3. The number of hydrogen-bond donors (Lipinski definition) is 0. The van der Waals surface area contributed by atoms with Crippen LogP contribution in [0.4, 0.5) is 0 Å². The van der Waals surface area contributed by atoms with E-state index in [0.29, 0.717) is 11.3 Å². The summed E-state index contributed by atoms with van der Waals surface area (Å²) >= 11 is 1.62. The number of carbonyl (C=O) groups is 1. The average Bonchev–Trinajstić information content (AvgIpc) is 3.42. The monoisotopic (exact) mass is 413 g/mol. The van der Waals surface area contributed by atoms with Gasteiger partial charge in [0.25, 0.3) is 5.91 Å². The molecule has 0 spiro atoms. The molecule has 1 atom stereocenters. The van der Waals surface area contributed by atoms with Gasteiger partial charge in [0, 0.05) is 18.2 Å². The zero-order chi connectivity index (χ0) is 20.7. The second kappa shape index (κ2) is 7.39. The molecule has 0 saturated carbocycles. The van der Waals surface area contributed by atoms with Crippen LogP contribution in [0.25, 0.3) is 32.4 Å². The van der Waals surface area contributed by atoms with Crippen molar-refractivity contribution in [3.05, 3.63) is 83.4 Å². The van der Waals surface area contributed by atoms with E-state index >= 15 is 0 Å². The number of amides is 1. The van der Waals surface area contributed by atoms with Gasteiger partial charge in [-0.15, -0.1) is 11.3 Å². The zero-order valence-corrected chi connectivity index (χ0v) is 17.4. The van der Waals surface area contributed by atoms with E-state index in [9.17, 15) is 4.79 Å². The van der Waals surface area contributed by atoms with Crippen molar-refractivity contribution in [2.75, 3.05) is 7.05 Å². The van der Waals surface area contributed by atoms with Gasteiger partial charge < -0.3 is 9.42 Å². The molecule has 0 N–H and O–H groups in total. The van der Waals surface area contributed by atoms with Gasteiger partial charge in [-0.25, -0.2) is 4.98 Å². The molecule has 0 aliphatic rings. The number of aromatic nitrogens is 2. The van der Waals surface area contributed by atoms with Crippen LogP contribution in [0.15, 0.2) is 77.3 Å². The summed E-state index contributed by atoms with van der Waals surface area (Å²) in [6, 6.07) is 23.2. The number of nitrogens with zero attached hydrogens (tertiary/aromatic N) is 3. The quantitative estimate of drug-likeness (QED) is 0.366. The second-order valence-electron chi connectivity index (χ2n) is 7.22. The summed E-state index contributed by atoms with van der Waals surface area (Å²) in [4.78, 5) is 19.7. The van der Waals surface area contributed by atoms with E-state index in [2.05, 4.69) is 11.2 Å². The third kappa shape index (κ3) is 3.15. The Morgan fingerprint density at radius 2 is 1.77 bits per heavy atom. The Hall–Kier alpha value is -3.51. The van der Waals surface area contributed by atoms with Crippen LogP contribution in [-0.2, 0) is 0 Å². The van der Waals surface area contributed by atoms with Gasteiger partial charge in [0.05, 0.1) is 21.6 Å². The molecule has 0 fully saturated rings. The van der Waals surface area contributed by atoms with Gasteiger partial charge >= 0.3 is 0 Å². The highest BCUT2D eigenvalue weighted by atomic mass is 32.1. The van der Waals surface area contributed by atoms with E-state index in [1.165, 1.54) is 0 Å². The van der Waals surface area contributed by atoms with E-state index in [1.807, 2.05) is 74.6 Å². The van der Waals surface area contributed by atoms with Crippen LogP contribution < -0.4 is 0 Å². The molecule has 0 unspecified atom stereocenters. The largest absolute Gasteiger partial charge is 0.355 e. The predicted molar refractivity (Wildman–Crippen MR) is 120 cm³/mol. The summed E-state index contributed by atoms with van der Waals surface area (Å²) in [5, 5.41) is 5.89. The second-order valence-corrected chi connectivity index (χ2v) is 8.28. The molecular weight excluding hydrogens is 394 g/mol. The van der Waals surface area contributed by atoms with Crippen molar-refractivity contribution in [3.63, 3.8) is 0 Å². The van der Waals surface area contributed by atoms with Gasteiger partial charge in [-0.1, -0.05) is 47.6 Å². The van der Waals surface area contributed by atoms with Crippen molar-refractivity contribution in [1.29, 1.82) is 0 Å². The normalized spacial score (nSPS) is 12.3. The summed E-state index contributed by atoms with van der Waals surface area (Å²) in [6.45, 7) is 2.00. The third-order valence-electron chi connectivity index (χ3n) is 5.33. The van der Waals surface area contributed by atoms with E-state index in [0.717, 1.165) is 31.7 Å². The Bertz CT molecular complexity index is 1320. The fourth-order valence-electron chi connectivity index (χ4n) is 3.49. The van der Waals surface area contributed by atoms with Gasteiger partial charge in [0.1, 0.15) is 10.5 Å². The van der Waals surface area contributed by atoms with Gasteiger partial charge in [-0.3, -0.25) is 4.79 Å². The summed E-state index contributed by atoms with van der Waals surface area (Å²) in [6.07, 6.45) is 0.